The van der Waals surface area contributed by atoms with Gasteiger partial charge in [0.05, 0.1) is 29.5 Å². The van der Waals surface area contributed by atoms with Crippen LogP contribution in [0.3, 0.4) is 0 Å². The number of fused-ring (bicyclic) bond motifs is 4. The van der Waals surface area contributed by atoms with Crippen molar-refractivity contribution in [3.63, 3.8) is 0 Å². The Morgan fingerprint density at radius 1 is 1.16 bits per heavy atom. The van der Waals surface area contributed by atoms with Gasteiger partial charge in [-0.05, 0) is 55.1 Å². The van der Waals surface area contributed by atoms with Gasteiger partial charge in [0.2, 0.25) is 0 Å². The molecule has 194 valence electrons. The van der Waals surface area contributed by atoms with Crippen LogP contribution < -0.4 is 15.0 Å². The fourth-order valence-electron chi connectivity index (χ4n) is 5.49. The summed E-state index contributed by atoms with van der Waals surface area (Å²) in [5.41, 5.74) is 3.81. The Morgan fingerprint density at radius 2 is 1.97 bits per heavy atom. The summed E-state index contributed by atoms with van der Waals surface area (Å²) in [5, 5.41) is 11.2. The van der Waals surface area contributed by atoms with Crippen molar-refractivity contribution in [2.24, 2.45) is 0 Å². The van der Waals surface area contributed by atoms with E-state index in [0.29, 0.717) is 47.9 Å². The predicted molar refractivity (Wildman–Crippen MR) is 145 cm³/mol. The Labute approximate surface area is 219 Å². The number of nitrogens with zero attached hydrogens (tertiary/aromatic N) is 4. The number of benzene rings is 3. The number of aromatic amines is 1. The van der Waals surface area contributed by atoms with Gasteiger partial charge in [0.15, 0.2) is 5.69 Å². The maximum atomic E-state index is 15.2. The van der Waals surface area contributed by atoms with Gasteiger partial charge in [-0.3, -0.25) is 5.10 Å². The predicted octanol–water partition coefficient (Wildman–Crippen LogP) is 5.35. The zero-order chi connectivity index (χ0) is 26.4. The van der Waals surface area contributed by atoms with Gasteiger partial charge in [-0.2, -0.15) is 5.10 Å². The first kappa shape index (κ1) is 24.3. The van der Waals surface area contributed by atoms with Crippen LogP contribution in [0, 0.1) is 18.2 Å². The number of hydrogen-bond acceptors (Lipinski definition) is 5. The van der Waals surface area contributed by atoms with Crippen LogP contribution in [0.1, 0.15) is 12.5 Å². The van der Waals surface area contributed by atoms with Crippen molar-refractivity contribution in [2.45, 2.75) is 19.5 Å². The minimum atomic E-state index is -0.698. The van der Waals surface area contributed by atoms with Gasteiger partial charge in [0, 0.05) is 42.7 Å². The van der Waals surface area contributed by atoms with E-state index in [1.54, 1.807) is 12.1 Å². The van der Waals surface area contributed by atoms with Gasteiger partial charge in [-0.1, -0.05) is 19.1 Å². The molecular formula is C29H28F2N6O. The van der Waals surface area contributed by atoms with Crippen LogP contribution in [0.2, 0.25) is 0 Å². The molecule has 2 aliphatic heterocycles. The largest absolute Gasteiger partial charge is 0.489 e. The first-order valence-corrected chi connectivity index (χ1v) is 12.8. The smallest absolute Gasteiger partial charge is 0.197 e. The highest BCUT2D eigenvalue weighted by Crippen LogP contribution is 2.42. The van der Waals surface area contributed by atoms with Crippen molar-refractivity contribution in [1.82, 2.24) is 20.4 Å². The first-order chi connectivity index (χ1) is 18.5. The molecule has 2 aliphatic rings. The van der Waals surface area contributed by atoms with Crippen molar-refractivity contribution < 1.29 is 13.5 Å². The van der Waals surface area contributed by atoms with Gasteiger partial charge in [-0.25, -0.2) is 13.6 Å². The fourth-order valence-corrected chi connectivity index (χ4v) is 5.49. The van der Waals surface area contributed by atoms with Gasteiger partial charge in [0.25, 0.3) is 0 Å². The summed E-state index contributed by atoms with van der Waals surface area (Å²) in [6.07, 6.45) is 0. The Morgan fingerprint density at radius 3 is 2.74 bits per heavy atom. The quantitative estimate of drug-likeness (QED) is 0.352. The Bertz CT molecular complexity index is 1550. The molecule has 0 spiro atoms. The minimum Gasteiger partial charge on any atom is -0.489 e. The van der Waals surface area contributed by atoms with Crippen molar-refractivity contribution in [3.05, 3.63) is 71.1 Å². The van der Waals surface area contributed by atoms with Crippen LogP contribution >= 0.6 is 0 Å². The molecule has 1 unspecified atom stereocenters. The number of H-pyrrole nitrogens is 1. The fraction of sp³-hybridized carbons (Fsp3) is 0.310. The number of aromatic nitrogens is 2. The SMILES string of the molecule is [C-]#[N+]c1cc2[nH]nc(-c3ccc4c(c3)OCC3CN(C)CCN43)c2cc1-c1c(F)cc(CNCC)cc1F. The second-order valence-electron chi connectivity index (χ2n) is 9.92. The number of nitrogens with one attached hydrogen (secondary N) is 2. The summed E-state index contributed by atoms with van der Waals surface area (Å²) in [6.45, 7) is 14.1. The third kappa shape index (κ3) is 4.16. The lowest BCUT2D eigenvalue weighted by molar-refractivity contribution is 0.188. The number of rotatable bonds is 5. The molecule has 1 atom stereocenters. The lowest BCUT2D eigenvalue weighted by Crippen LogP contribution is -2.56. The van der Waals surface area contributed by atoms with Crippen molar-refractivity contribution in [3.8, 4) is 28.1 Å². The molecule has 0 aliphatic carbocycles. The van der Waals surface area contributed by atoms with Gasteiger partial charge in [0.1, 0.15) is 24.0 Å². The summed E-state index contributed by atoms with van der Waals surface area (Å²) in [4.78, 5) is 8.28. The second kappa shape index (κ2) is 9.71. The number of anilines is 1. The van der Waals surface area contributed by atoms with E-state index in [4.69, 9.17) is 11.3 Å². The lowest BCUT2D eigenvalue weighted by Gasteiger charge is -2.44. The highest BCUT2D eigenvalue weighted by Gasteiger charge is 2.32. The Kier molecular flexibility index (Phi) is 6.22. The van der Waals surface area contributed by atoms with Gasteiger partial charge in [-0.15, -0.1) is 0 Å². The molecule has 4 aromatic rings. The molecule has 7 nitrogen and oxygen atoms in total. The van der Waals surface area contributed by atoms with Crippen molar-refractivity contribution in [1.29, 1.82) is 0 Å². The van der Waals surface area contributed by atoms with E-state index in [0.717, 1.165) is 36.6 Å². The molecule has 38 heavy (non-hydrogen) atoms. The van der Waals surface area contributed by atoms with E-state index < -0.39 is 11.6 Å². The number of ether oxygens (including phenoxy) is 1. The molecule has 3 heterocycles. The molecule has 0 radical (unpaired) electrons. The Hall–Kier alpha value is -4.00. The standard InChI is InChI=1S/C29H28F2N6O/c1-4-33-14-17-9-22(30)28(23(31)10-17)20-12-21-25(13-24(20)32-2)34-35-29(21)18-5-6-26-27(11-18)38-16-19-15-36(3)7-8-37(19)26/h5-6,9-13,19,33H,4,7-8,14-16H2,1,3H3,(H,34,35). The van der Waals surface area contributed by atoms with E-state index in [9.17, 15) is 0 Å². The average molecular weight is 515 g/mol. The normalized spacial score (nSPS) is 17.1. The number of likely N-dealkylation sites (N-methyl/N-ethyl adjacent to an activating group) is 1. The first-order valence-electron chi connectivity index (χ1n) is 12.8. The highest BCUT2D eigenvalue weighted by atomic mass is 19.1. The molecular weight excluding hydrogens is 486 g/mol. The summed E-state index contributed by atoms with van der Waals surface area (Å²) in [7, 11) is 2.13. The maximum absolute atomic E-state index is 15.2. The van der Waals surface area contributed by atoms with E-state index >= 15 is 8.78 Å². The van der Waals surface area contributed by atoms with Crippen LogP contribution in [0.15, 0.2) is 42.5 Å². The molecule has 1 fully saturated rings. The van der Waals surface area contributed by atoms with E-state index in [1.807, 2.05) is 19.1 Å². The maximum Gasteiger partial charge on any atom is 0.197 e. The minimum absolute atomic E-state index is 0.153. The van der Waals surface area contributed by atoms with Crippen LogP contribution in [0.4, 0.5) is 20.2 Å². The van der Waals surface area contributed by atoms with E-state index in [-0.39, 0.29) is 16.8 Å². The summed E-state index contributed by atoms with van der Waals surface area (Å²) < 4.78 is 36.6. The summed E-state index contributed by atoms with van der Waals surface area (Å²) >= 11 is 0. The van der Waals surface area contributed by atoms with Crippen LogP contribution in [0.5, 0.6) is 5.75 Å². The third-order valence-corrected chi connectivity index (χ3v) is 7.41. The zero-order valence-electron chi connectivity index (χ0n) is 21.3. The number of piperazine rings is 1. The van der Waals surface area contributed by atoms with Crippen LogP contribution in [-0.2, 0) is 6.54 Å². The molecule has 0 saturated carbocycles. The zero-order valence-corrected chi connectivity index (χ0v) is 21.3. The molecule has 0 bridgehead atoms. The molecule has 3 aromatic carbocycles. The third-order valence-electron chi connectivity index (χ3n) is 7.41. The molecule has 6 rings (SSSR count). The number of halogens is 2. The van der Waals surface area contributed by atoms with Crippen LogP contribution in [-0.4, -0.2) is 61.0 Å². The molecule has 1 aromatic heterocycles. The van der Waals surface area contributed by atoms with E-state index in [2.05, 4.69) is 43.3 Å². The molecule has 0 amide bonds. The monoisotopic (exact) mass is 514 g/mol. The summed E-state index contributed by atoms with van der Waals surface area (Å²) in [5.74, 6) is -0.599. The Balaban J connectivity index is 1.42. The highest BCUT2D eigenvalue weighted by molar-refractivity contribution is 6.00. The second-order valence-corrected chi connectivity index (χ2v) is 9.92. The number of hydrogen-bond donors (Lipinski definition) is 2. The van der Waals surface area contributed by atoms with Gasteiger partial charge < -0.3 is 19.9 Å². The van der Waals surface area contributed by atoms with Crippen LogP contribution in [0.25, 0.3) is 38.1 Å². The van der Waals surface area contributed by atoms with Crippen molar-refractivity contribution >= 4 is 22.3 Å². The molecule has 1 saturated heterocycles. The topological polar surface area (TPSA) is 60.8 Å². The molecule has 2 N–H and O–H groups in total. The van der Waals surface area contributed by atoms with E-state index in [1.165, 1.54) is 12.1 Å². The average Bonchev–Trinajstić information content (AvgIpc) is 3.33. The van der Waals surface area contributed by atoms with Crippen molar-refractivity contribution in [2.75, 3.05) is 44.7 Å². The lowest BCUT2D eigenvalue weighted by atomic mass is 9.97. The van der Waals surface area contributed by atoms with Gasteiger partial charge >= 0.3 is 0 Å². The summed E-state index contributed by atoms with van der Waals surface area (Å²) in [6, 6.07) is 12.2. The molecule has 9 heteroatoms.